The topological polar surface area (TPSA) is 83.1 Å². The van der Waals surface area contributed by atoms with Gasteiger partial charge in [0.2, 0.25) is 0 Å². The van der Waals surface area contributed by atoms with Crippen LogP contribution in [0.15, 0.2) is 42.7 Å². The van der Waals surface area contributed by atoms with E-state index in [-0.39, 0.29) is 0 Å². The van der Waals surface area contributed by atoms with Crippen molar-refractivity contribution >= 4 is 10.9 Å². The van der Waals surface area contributed by atoms with E-state index in [2.05, 4.69) is 36.4 Å². The zero-order valence-electron chi connectivity index (χ0n) is 13.0. The molecule has 0 aliphatic heterocycles. The van der Waals surface area contributed by atoms with Gasteiger partial charge in [0.05, 0.1) is 5.52 Å². The van der Waals surface area contributed by atoms with E-state index in [0.717, 1.165) is 51.7 Å². The Bertz CT molecular complexity index is 997. The number of fused-ring (bicyclic) bond motifs is 1. The van der Waals surface area contributed by atoms with Gasteiger partial charge in [-0.15, -0.1) is 0 Å². The van der Waals surface area contributed by atoms with Gasteiger partial charge in [-0.25, -0.2) is 4.98 Å². The molecule has 1 aliphatic carbocycles. The van der Waals surface area contributed by atoms with Crippen LogP contribution in [0.1, 0.15) is 18.7 Å². The van der Waals surface area contributed by atoms with E-state index >= 15 is 0 Å². The quantitative estimate of drug-likeness (QED) is 0.604. The predicted octanol–water partition coefficient (Wildman–Crippen LogP) is 3.36. The number of aromatic amines is 2. The standard InChI is InChI=1S/C18H16N6/c1-2-11(1)9-16-20-18(24-22-16)13-3-4-15-14(10-13)17(23-21-15)12-5-7-19-8-6-12/h3-8,10-11H,1-2,9H2,(H,21,23)(H,20,22,24). The second-order valence-corrected chi connectivity index (χ2v) is 6.32. The van der Waals surface area contributed by atoms with E-state index in [9.17, 15) is 0 Å². The SMILES string of the molecule is c1cc(-c2n[nH]c3ccc(-c4n[nH]c(CC5CC5)n4)cc23)ccn1. The molecule has 3 aromatic heterocycles. The van der Waals surface area contributed by atoms with Gasteiger partial charge in [-0.3, -0.25) is 15.2 Å². The summed E-state index contributed by atoms with van der Waals surface area (Å²) in [6, 6.07) is 10.1. The lowest BCUT2D eigenvalue weighted by molar-refractivity contribution is 0.774. The molecular formula is C18H16N6. The van der Waals surface area contributed by atoms with Crippen LogP contribution in [0, 0.1) is 5.92 Å². The van der Waals surface area contributed by atoms with Gasteiger partial charge in [-0.05, 0) is 49.1 Å². The molecule has 0 atom stereocenters. The third-order valence-corrected chi connectivity index (χ3v) is 4.49. The average Bonchev–Trinajstić information content (AvgIpc) is 3.15. The lowest BCUT2D eigenvalue weighted by Crippen LogP contribution is -1.89. The van der Waals surface area contributed by atoms with Gasteiger partial charge in [0.15, 0.2) is 5.82 Å². The highest BCUT2D eigenvalue weighted by molar-refractivity contribution is 5.95. The van der Waals surface area contributed by atoms with Gasteiger partial charge in [-0.2, -0.15) is 10.2 Å². The maximum absolute atomic E-state index is 4.65. The summed E-state index contributed by atoms with van der Waals surface area (Å²) in [6.07, 6.45) is 7.18. The first-order chi connectivity index (χ1) is 11.9. The molecule has 1 aliphatic rings. The number of nitrogens with one attached hydrogen (secondary N) is 2. The van der Waals surface area contributed by atoms with Crippen molar-refractivity contribution in [2.45, 2.75) is 19.3 Å². The van der Waals surface area contributed by atoms with Gasteiger partial charge in [0.1, 0.15) is 11.5 Å². The van der Waals surface area contributed by atoms with Gasteiger partial charge >= 0.3 is 0 Å². The van der Waals surface area contributed by atoms with E-state index in [1.165, 1.54) is 12.8 Å². The second kappa shape index (κ2) is 5.26. The highest BCUT2D eigenvalue weighted by Crippen LogP contribution is 2.32. The van der Waals surface area contributed by atoms with E-state index in [1.807, 2.05) is 24.3 Å². The van der Waals surface area contributed by atoms with Crippen molar-refractivity contribution in [1.29, 1.82) is 0 Å². The number of benzene rings is 1. The first kappa shape index (κ1) is 13.4. The molecule has 1 fully saturated rings. The third-order valence-electron chi connectivity index (χ3n) is 4.49. The molecule has 6 heteroatoms. The number of nitrogens with zero attached hydrogens (tertiary/aromatic N) is 4. The van der Waals surface area contributed by atoms with Crippen molar-refractivity contribution in [2.24, 2.45) is 5.92 Å². The largest absolute Gasteiger partial charge is 0.277 e. The average molecular weight is 316 g/mol. The number of hydrogen-bond acceptors (Lipinski definition) is 4. The van der Waals surface area contributed by atoms with Crippen molar-refractivity contribution < 1.29 is 0 Å². The Morgan fingerprint density at radius 1 is 0.958 bits per heavy atom. The highest BCUT2D eigenvalue weighted by atomic mass is 15.2. The van der Waals surface area contributed by atoms with Crippen LogP contribution in [0.4, 0.5) is 0 Å². The first-order valence-corrected chi connectivity index (χ1v) is 8.17. The molecule has 1 aromatic carbocycles. The van der Waals surface area contributed by atoms with Gasteiger partial charge in [0.25, 0.3) is 0 Å². The molecule has 24 heavy (non-hydrogen) atoms. The normalized spacial score (nSPS) is 14.3. The molecule has 1 saturated carbocycles. The number of aromatic nitrogens is 6. The van der Waals surface area contributed by atoms with Crippen molar-refractivity contribution in [3.8, 4) is 22.6 Å². The minimum Gasteiger partial charge on any atom is -0.277 e. The predicted molar refractivity (Wildman–Crippen MR) is 91.1 cm³/mol. The fraction of sp³-hybridized carbons (Fsp3) is 0.222. The summed E-state index contributed by atoms with van der Waals surface area (Å²) in [6.45, 7) is 0. The van der Waals surface area contributed by atoms with Crippen molar-refractivity contribution in [1.82, 2.24) is 30.4 Å². The maximum atomic E-state index is 4.65. The Kier molecular flexibility index (Phi) is 2.94. The van der Waals surface area contributed by atoms with Gasteiger partial charge in [-0.1, -0.05) is 0 Å². The Balaban J connectivity index is 1.56. The van der Waals surface area contributed by atoms with Gasteiger partial charge in [0, 0.05) is 35.3 Å². The number of rotatable bonds is 4. The second-order valence-electron chi connectivity index (χ2n) is 6.32. The lowest BCUT2D eigenvalue weighted by Gasteiger charge is -1.99. The molecule has 0 amide bonds. The third kappa shape index (κ3) is 2.36. The van der Waals surface area contributed by atoms with E-state index < -0.39 is 0 Å². The molecule has 4 aromatic rings. The zero-order chi connectivity index (χ0) is 15.9. The molecule has 3 heterocycles. The van der Waals surface area contributed by atoms with Crippen molar-refractivity contribution in [3.05, 3.63) is 48.5 Å². The van der Waals surface area contributed by atoms with Gasteiger partial charge < -0.3 is 0 Å². The molecule has 0 spiro atoms. The van der Waals surface area contributed by atoms with Crippen LogP contribution < -0.4 is 0 Å². The summed E-state index contributed by atoms with van der Waals surface area (Å²) in [7, 11) is 0. The Morgan fingerprint density at radius 2 is 1.83 bits per heavy atom. The molecule has 2 N–H and O–H groups in total. The van der Waals surface area contributed by atoms with Crippen LogP contribution in [0.3, 0.4) is 0 Å². The molecule has 6 nitrogen and oxygen atoms in total. The monoisotopic (exact) mass is 316 g/mol. The first-order valence-electron chi connectivity index (χ1n) is 8.17. The smallest absolute Gasteiger partial charge is 0.181 e. The summed E-state index contributed by atoms with van der Waals surface area (Å²) < 4.78 is 0. The van der Waals surface area contributed by atoms with Crippen LogP contribution in [0.5, 0.6) is 0 Å². The van der Waals surface area contributed by atoms with E-state index in [1.54, 1.807) is 12.4 Å². The Morgan fingerprint density at radius 3 is 2.67 bits per heavy atom. The number of H-pyrrole nitrogens is 2. The van der Waals surface area contributed by atoms with E-state index in [4.69, 9.17) is 0 Å². The number of pyridine rings is 1. The van der Waals surface area contributed by atoms with Crippen LogP contribution in [0.2, 0.25) is 0 Å². The minimum atomic E-state index is 0.745. The van der Waals surface area contributed by atoms with E-state index in [0.29, 0.717) is 0 Å². The van der Waals surface area contributed by atoms with Crippen LogP contribution >= 0.6 is 0 Å². The Labute approximate surface area is 138 Å². The summed E-state index contributed by atoms with van der Waals surface area (Å²) in [5, 5.41) is 16.1. The molecule has 5 rings (SSSR count). The lowest BCUT2D eigenvalue weighted by atomic mass is 10.1. The maximum Gasteiger partial charge on any atom is 0.181 e. The van der Waals surface area contributed by atoms with Crippen molar-refractivity contribution in [3.63, 3.8) is 0 Å². The summed E-state index contributed by atoms with van der Waals surface area (Å²) >= 11 is 0. The molecule has 0 saturated heterocycles. The van der Waals surface area contributed by atoms with Crippen LogP contribution in [0.25, 0.3) is 33.5 Å². The highest BCUT2D eigenvalue weighted by Gasteiger charge is 2.23. The fourth-order valence-corrected chi connectivity index (χ4v) is 2.99. The number of hydrogen-bond donors (Lipinski definition) is 2. The van der Waals surface area contributed by atoms with Crippen LogP contribution in [-0.2, 0) is 6.42 Å². The minimum absolute atomic E-state index is 0.745. The summed E-state index contributed by atoms with van der Waals surface area (Å²) in [4.78, 5) is 8.72. The molecular weight excluding hydrogens is 300 g/mol. The molecule has 0 bridgehead atoms. The molecule has 0 unspecified atom stereocenters. The summed E-state index contributed by atoms with van der Waals surface area (Å²) in [5.41, 5.74) is 3.96. The zero-order valence-corrected chi connectivity index (χ0v) is 13.0. The fourth-order valence-electron chi connectivity index (χ4n) is 2.99. The van der Waals surface area contributed by atoms with Crippen molar-refractivity contribution in [2.75, 3.05) is 0 Å². The Hall–Kier alpha value is -3.02. The molecule has 118 valence electrons. The molecule has 0 radical (unpaired) electrons. The summed E-state index contributed by atoms with van der Waals surface area (Å²) in [5.74, 6) is 2.52. The van der Waals surface area contributed by atoms with Crippen LogP contribution in [-0.4, -0.2) is 30.4 Å².